The van der Waals surface area contributed by atoms with Gasteiger partial charge in [0.05, 0.1) is 0 Å². The first-order chi connectivity index (χ1) is 13.1. The lowest BCUT2D eigenvalue weighted by atomic mass is 9.77. The summed E-state index contributed by atoms with van der Waals surface area (Å²) >= 11 is 0. The summed E-state index contributed by atoms with van der Waals surface area (Å²) in [5, 5.41) is 0. The molecule has 0 radical (unpaired) electrons. The Morgan fingerprint density at radius 1 is 0.464 bits per heavy atom. The van der Waals surface area contributed by atoms with Gasteiger partial charge in [-0.25, -0.2) is 0 Å². The third kappa shape index (κ3) is 3.41. The largest absolute Gasteiger partial charge is 0.0590 e. The molecule has 0 unspecified atom stereocenters. The highest BCUT2D eigenvalue weighted by atomic mass is 14.3. The molecule has 0 aliphatic rings. The SMILES string of the molecule is Cc1ccc(C(c2cc(C)c(C)c(C)c2C)c2cc(C)c(C)c(C)c2C)cc1. The predicted molar refractivity (Wildman–Crippen MR) is 123 cm³/mol. The Labute approximate surface area is 171 Å². The standard InChI is InChI=1S/C28H34/c1-16-10-12-25(13-11-16)28(26-14-17(2)19(4)21(6)23(26)8)27-15-18(3)20(5)22(7)24(27)9/h10-15,28H,1-9H3. The van der Waals surface area contributed by atoms with Gasteiger partial charge in [-0.1, -0.05) is 42.0 Å². The zero-order valence-electron chi connectivity index (χ0n) is 19.0. The molecule has 28 heavy (non-hydrogen) atoms. The van der Waals surface area contributed by atoms with Crippen LogP contribution in [0.25, 0.3) is 0 Å². The lowest BCUT2D eigenvalue weighted by Crippen LogP contribution is -2.11. The summed E-state index contributed by atoms with van der Waals surface area (Å²) in [7, 11) is 0. The molecule has 0 aliphatic heterocycles. The molecule has 3 aromatic rings. The number of hydrogen-bond acceptors (Lipinski definition) is 0. The molecule has 0 N–H and O–H groups in total. The van der Waals surface area contributed by atoms with Gasteiger partial charge in [0.25, 0.3) is 0 Å². The zero-order valence-corrected chi connectivity index (χ0v) is 19.0. The predicted octanol–water partition coefficient (Wildman–Crippen LogP) is 7.64. The molecule has 0 saturated carbocycles. The molecule has 0 bridgehead atoms. The molecule has 146 valence electrons. The summed E-state index contributed by atoms with van der Waals surface area (Å²) in [6, 6.07) is 14.0. The van der Waals surface area contributed by atoms with Crippen molar-refractivity contribution >= 4 is 0 Å². The first-order valence-corrected chi connectivity index (χ1v) is 10.3. The minimum atomic E-state index is 0.261. The fourth-order valence-corrected chi connectivity index (χ4v) is 4.37. The molecule has 0 heterocycles. The van der Waals surface area contributed by atoms with Crippen LogP contribution in [0.2, 0.25) is 0 Å². The van der Waals surface area contributed by atoms with Crippen LogP contribution < -0.4 is 0 Å². The van der Waals surface area contributed by atoms with Crippen molar-refractivity contribution in [3.05, 3.63) is 103 Å². The van der Waals surface area contributed by atoms with E-state index in [0.717, 1.165) is 0 Å². The topological polar surface area (TPSA) is 0 Å². The van der Waals surface area contributed by atoms with Crippen LogP contribution in [0.3, 0.4) is 0 Å². The van der Waals surface area contributed by atoms with E-state index >= 15 is 0 Å². The van der Waals surface area contributed by atoms with Gasteiger partial charge in [0.1, 0.15) is 0 Å². The molecule has 0 fully saturated rings. The molecule has 0 heteroatoms. The molecule has 0 aromatic heterocycles. The smallest absolute Gasteiger partial charge is 0.0345 e. The first kappa shape index (κ1) is 20.4. The zero-order chi connectivity index (χ0) is 20.7. The summed E-state index contributed by atoms with van der Waals surface area (Å²) in [5.41, 5.74) is 16.8. The van der Waals surface area contributed by atoms with Gasteiger partial charge in [0.2, 0.25) is 0 Å². The number of rotatable bonds is 3. The van der Waals surface area contributed by atoms with Gasteiger partial charge in [-0.3, -0.25) is 0 Å². The summed E-state index contributed by atoms with van der Waals surface area (Å²) in [6.07, 6.45) is 0. The monoisotopic (exact) mass is 370 g/mol. The Morgan fingerprint density at radius 3 is 1.25 bits per heavy atom. The molecule has 0 saturated heterocycles. The highest BCUT2D eigenvalue weighted by molar-refractivity contribution is 5.56. The van der Waals surface area contributed by atoms with E-state index in [1.807, 2.05) is 0 Å². The van der Waals surface area contributed by atoms with E-state index in [1.165, 1.54) is 66.8 Å². The van der Waals surface area contributed by atoms with Gasteiger partial charge in [-0.2, -0.15) is 0 Å². The Balaban J connectivity index is 2.38. The van der Waals surface area contributed by atoms with Crippen molar-refractivity contribution in [3.8, 4) is 0 Å². The second kappa shape index (κ2) is 7.59. The Bertz CT molecular complexity index is 970. The summed E-state index contributed by atoms with van der Waals surface area (Å²) < 4.78 is 0. The van der Waals surface area contributed by atoms with Gasteiger partial charge < -0.3 is 0 Å². The first-order valence-electron chi connectivity index (χ1n) is 10.3. The molecule has 0 nitrogen and oxygen atoms in total. The van der Waals surface area contributed by atoms with Gasteiger partial charge in [-0.05, 0) is 124 Å². The van der Waals surface area contributed by atoms with Crippen LogP contribution in [-0.2, 0) is 0 Å². The van der Waals surface area contributed by atoms with Crippen molar-refractivity contribution in [2.45, 2.75) is 68.2 Å². The summed E-state index contributed by atoms with van der Waals surface area (Å²) in [5.74, 6) is 0.261. The van der Waals surface area contributed by atoms with E-state index in [1.54, 1.807) is 0 Å². The average molecular weight is 371 g/mol. The highest BCUT2D eigenvalue weighted by Crippen LogP contribution is 2.39. The van der Waals surface area contributed by atoms with Gasteiger partial charge in [-0.15, -0.1) is 0 Å². The highest BCUT2D eigenvalue weighted by Gasteiger charge is 2.24. The van der Waals surface area contributed by atoms with Crippen molar-refractivity contribution in [3.63, 3.8) is 0 Å². The van der Waals surface area contributed by atoms with Crippen LogP contribution in [-0.4, -0.2) is 0 Å². The van der Waals surface area contributed by atoms with Crippen LogP contribution >= 0.6 is 0 Å². The van der Waals surface area contributed by atoms with E-state index in [0.29, 0.717) is 0 Å². The Morgan fingerprint density at radius 2 is 0.857 bits per heavy atom. The maximum atomic E-state index is 2.42. The van der Waals surface area contributed by atoms with Crippen molar-refractivity contribution < 1.29 is 0 Å². The van der Waals surface area contributed by atoms with E-state index in [-0.39, 0.29) is 5.92 Å². The molecular formula is C28H34. The van der Waals surface area contributed by atoms with E-state index in [9.17, 15) is 0 Å². The Hall–Kier alpha value is -2.34. The fourth-order valence-electron chi connectivity index (χ4n) is 4.37. The average Bonchev–Trinajstić information content (AvgIpc) is 2.67. The van der Waals surface area contributed by atoms with Crippen LogP contribution in [0.1, 0.15) is 72.7 Å². The van der Waals surface area contributed by atoms with E-state index < -0.39 is 0 Å². The van der Waals surface area contributed by atoms with E-state index in [2.05, 4.69) is 98.7 Å². The van der Waals surface area contributed by atoms with Crippen molar-refractivity contribution in [1.82, 2.24) is 0 Å². The molecule has 0 amide bonds. The molecule has 3 aromatic carbocycles. The molecule has 0 spiro atoms. The van der Waals surface area contributed by atoms with Crippen LogP contribution in [0, 0.1) is 62.3 Å². The van der Waals surface area contributed by atoms with E-state index in [4.69, 9.17) is 0 Å². The van der Waals surface area contributed by atoms with Gasteiger partial charge in [0, 0.05) is 5.92 Å². The second-order valence-electron chi connectivity index (χ2n) is 8.66. The number of hydrogen-bond donors (Lipinski definition) is 0. The summed E-state index contributed by atoms with van der Waals surface area (Å²) in [6.45, 7) is 20.3. The number of benzene rings is 3. The lowest BCUT2D eigenvalue weighted by Gasteiger charge is -2.27. The minimum Gasteiger partial charge on any atom is -0.0590 e. The summed E-state index contributed by atoms with van der Waals surface area (Å²) in [4.78, 5) is 0. The second-order valence-corrected chi connectivity index (χ2v) is 8.66. The lowest BCUT2D eigenvalue weighted by molar-refractivity contribution is 0.926. The van der Waals surface area contributed by atoms with Crippen LogP contribution in [0.15, 0.2) is 36.4 Å². The minimum absolute atomic E-state index is 0.261. The van der Waals surface area contributed by atoms with Crippen molar-refractivity contribution in [2.24, 2.45) is 0 Å². The van der Waals surface area contributed by atoms with Gasteiger partial charge in [0.15, 0.2) is 0 Å². The van der Waals surface area contributed by atoms with Crippen LogP contribution in [0.5, 0.6) is 0 Å². The molecular weight excluding hydrogens is 336 g/mol. The quantitative estimate of drug-likeness (QED) is 0.415. The van der Waals surface area contributed by atoms with Crippen molar-refractivity contribution in [1.29, 1.82) is 0 Å². The normalized spacial score (nSPS) is 11.4. The van der Waals surface area contributed by atoms with Gasteiger partial charge >= 0.3 is 0 Å². The maximum absolute atomic E-state index is 2.42. The number of aryl methyl sites for hydroxylation is 3. The molecule has 0 aliphatic carbocycles. The third-order valence-corrected chi connectivity index (χ3v) is 7.08. The van der Waals surface area contributed by atoms with Crippen LogP contribution in [0.4, 0.5) is 0 Å². The molecule has 0 atom stereocenters. The molecule has 3 rings (SSSR count). The third-order valence-electron chi connectivity index (χ3n) is 7.08. The maximum Gasteiger partial charge on any atom is 0.0345 e. The Kier molecular flexibility index (Phi) is 5.53. The van der Waals surface area contributed by atoms with Crippen molar-refractivity contribution in [2.75, 3.05) is 0 Å². The fraction of sp³-hybridized carbons (Fsp3) is 0.357.